The minimum absolute atomic E-state index is 0.103. The average molecular weight is 188 g/mol. The van der Waals surface area contributed by atoms with Crippen LogP contribution in [0.1, 0.15) is 29.2 Å². The van der Waals surface area contributed by atoms with E-state index in [1.54, 1.807) is 7.11 Å². The maximum absolute atomic E-state index is 8.89. The summed E-state index contributed by atoms with van der Waals surface area (Å²) in [6, 6.07) is 6.01. The lowest BCUT2D eigenvalue weighted by Gasteiger charge is -2.08. The van der Waals surface area contributed by atoms with Gasteiger partial charge in [-0.3, -0.25) is 0 Å². The molecule has 1 aliphatic rings. The fourth-order valence-corrected chi connectivity index (χ4v) is 1.92. The summed E-state index contributed by atoms with van der Waals surface area (Å²) in [6.45, 7) is 0. The van der Waals surface area contributed by atoms with Gasteiger partial charge < -0.3 is 10.5 Å². The Hall–Kier alpha value is -1.53. The van der Waals surface area contributed by atoms with Gasteiger partial charge in [0.05, 0.1) is 12.7 Å². The lowest BCUT2D eigenvalue weighted by molar-refractivity contribution is 0.412. The Bertz CT molecular complexity index is 406. The van der Waals surface area contributed by atoms with E-state index in [0.717, 1.165) is 18.4 Å². The molecular weight excluding hydrogens is 176 g/mol. The molecule has 2 rings (SSSR count). The van der Waals surface area contributed by atoms with Gasteiger partial charge in [-0.25, -0.2) is 0 Å². The fourth-order valence-electron chi connectivity index (χ4n) is 1.92. The molecule has 1 aromatic rings. The molecule has 2 N–H and O–H groups in total. The number of aryl methyl sites for hydroxylation is 1. The van der Waals surface area contributed by atoms with Crippen LogP contribution in [0.5, 0.6) is 5.75 Å². The van der Waals surface area contributed by atoms with Crippen molar-refractivity contribution in [3.63, 3.8) is 0 Å². The van der Waals surface area contributed by atoms with Crippen LogP contribution in [0.2, 0.25) is 0 Å². The number of nitrogens with two attached hydrogens (primary N) is 1. The highest BCUT2D eigenvalue weighted by atomic mass is 16.5. The normalized spacial score (nSPS) is 18.8. The largest absolute Gasteiger partial charge is 0.495 e. The van der Waals surface area contributed by atoms with Crippen molar-refractivity contribution < 1.29 is 4.74 Å². The SMILES string of the molecule is COc1cc2c(cc1C#N)CC[C@@H]2N. The van der Waals surface area contributed by atoms with E-state index in [1.165, 1.54) is 5.56 Å². The van der Waals surface area contributed by atoms with Crippen LogP contribution in [0.3, 0.4) is 0 Å². The van der Waals surface area contributed by atoms with E-state index in [-0.39, 0.29) is 6.04 Å². The van der Waals surface area contributed by atoms with E-state index in [4.69, 9.17) is 15.7 Å². The first kappa shape index (κ1) is 9.04. The lowest BCUT2D eigenvalue weighted by atomic mass is 10.0. The second kappa shape index (κ2) is 3.32. The highest BCUT2D eigenvalue weighted by Crippen LogP contribution is 2.34. The molecule has 0 amide bonds. The van der Waals surface area contributed by atoms with Crippen LogP contribution < -0.4 is 10.5 Å². The third-order valence-corrected chi connectivity index (χ3v) is 2.71. The van der Waals surface area contributed by atoms with Crippen molar-refractivity contribution in [2.75, 3.05) is 7.11 Å². The summed E-state index contributed by atoms with van der Waals surface area (Å²) >= 11 is 0. The number of nitriles is 1. The van der Waals surface area contributed by atoms with Crippen molar-refractivity contribution in [2.24, 2.45) is 5.73 Å². The Morgan fingerprint density at radius 2 is 2.36 bits per heavy atom. The second-order valence-corrected chi connectivity index (χ2v) is 3.51. The number of ether oxygens (including phenoxy) is 1. The van der Waals surface area contributed by atoms with Crippen molar-refractivity contribution in [2.45, 2.75) is 18.9 Å². The monoisotopic (exact) mass is 188 g/mol. The zero-order chi connectivity index (χ0) is 10.1. The second-order valence-electron chi connectivity index (χ2n) is 3.51. The van der Waals surface area contributed by atoms with Gasteiger partial charge in [0.1, 0.15) is 11.8 Å². The van der Waals surface area contributed by atoms with Crippen LogP contribution in [0, 0.1) is 11.3 Å². The molecule has 0 bridgehead atoms. The maximum Gasteiger partial charge on any atom is 0.136 e. The predicted molar refractivity (Wildman–Crippen MR) is 53.0 cm³/mol. The predicted octanol–water partition coefficient (Wildman–Crippen LogP) is 1.51. The molecule has 0 aliphatic heterocycles. The number of nitrogens with zero attached hydrogens (tertiary/aromatic N) is 1. The molecule has 0 saturated carbocycles. The minimum atomic E-state index is 0.103. The van der Waals surface area contributed by atoms with Gasteiger partial charge in [-0.05, 0) is 36.1 Å². The molecule has 0 aromatic heterocycles. The number of hydrogen-bond donors (Lipinski definition) is 1. The first-order chi connectivity index (χ1) is 6.76. The molecule has 0 saturated heterocycles. The summed E-state index contributed by atoms with van der Waals surface area (Å²) in [5.74, 6) is 0.628. The topological polar surface area (TPSA) is 59.0 Å². The Labute approximate surface area is 83.1 Å². The molecule has 0 heterocycles. The molecule has 0 radical (unpaired) electrons. The Morgan fingerprint density at radius 3 is 3.00 bits per heavy atom. The highest BCUT2D eigenvalue weighted by molar-refractivity contribution is 5.51. The molecule has 14 heavy (non-hydrogen) atoms. The van der Waals surface area contributed by atoms with Gasteiger partial charge in [0.15, 0.2) is 0 Å². The van der Waals surface area contributed by atoms with Crippen LogP contribution in [0.15, 0.2) is 12.1 Å². The van der Waals surface area contributed by atoms with Gasteiger partial charge in [0.25, 0.3) is 0 Å². The van der Waals surface area contributed by atoms with Crippen LogP contribution >= 0.6 is 0 Å². The van der Waals surface area contributed by atoms with Gasteiger partial charge in [-0.2, -0.15) is 5.26 Å². The van der Waals surface area contributed by atoms with Crippen LogP contribution in [0.4, 0.5) is 0 Å². The molecule has 0 unspecified atom stereocenters. The van der Waals surface area contributed by atoms with Crippen molar-refractivity contribution in [3.05, 3.63) is 28.8 Å². The van der Waals surface area contributed by atoms with Crippen molar-refractivity contribution in [1.29, 1.82) is 5.26 Å². The molecule has 1 aliphatic carbocycles. The quantitative estimate of drug-likeness (QED) is 0.726. The highest BCUT2D eigenvalue weighted by Gasteiger charge is 2.21. The summed E-state index contributed by atoms with van der Waals surface area (Å²) in [5, 5.41) is 8.89. The first-order valence-electron chi connectivity index (χ1n) is 4.62. The number of rotatable bonds is 1. The van der Waals surface area contributed by atoms with Gasteiger partial charge in [0.2, 0.25) is 0 Å². The number of methoxy groups -OCH3 is 1. The third-order valence-electron chi connectivity index (χ3n) is 2.71. The summed E-state index contributed by atoms with van der Waals surface area (Å²) in [4.78, 5) is 0. The van der Waals surface area contributed by atoms with Crippen LogP contribution in [0.25, 0.3) is 0 Å². The smallest absolute Gasteiger partial charge is 0.136 e. The minimum Gasteiger partial charge on any atom is -0.495 e. The van der Waals surface area contributed by atoms with E-state index < -0.39 is 0 Å². The third kappa shape index (κ3) is 1.24. The summed E-state index contributed by atoms with van der Waals surface area (Å²) in [7, 11) is 1.57. The van der Waals surface area contributed by atoms with Gasteiger partial charge in [0, 0.05) is 6.04 Å². The van der Waals surface area contributed by atoms with Crippen LogP contribution in [-0.2, 0) is 6.42 Å². The van der Waals surface area contributed by atoms with E-state index in [0.29, 0.717) is 11.3 Å². The van der Waals surface area contributed by atoms with Crippen molar-refractivity contribution in [1.82, 2.24) is 0 Å². The van der Waals surface area contributed by atoms with Crippen molar-refractivity contribution in [3.8, 4) is 11.8 Å². The Morgan fingerprint density at radius 1 is 1.57 bits per heavy atom. The molecule has 1 atom stereocenters. The Balaban J connectivity index is 2.56. The molecule has 1 aromatic carbocycles. The van der Waals surface area contributed by atoms with E-state index in [9.17, 15) is 0 Å². The fraction of sp³-hybridized carbons (Fsp3) is 0.364. The van der Waals surface area contributed by atoms with Gasteiger partial charge in [-0.15, -0.1) is 0 Å². The van der Waals surface area contributed by atoms with E-state index in [2.05, 4.69) is 6.07 Å². The van der Waals surface area contributed by atoms with Gasteiger partial charge in [-0.1, -0.05) is 0 Å². The van der Waals surface area contributed by atoms with E-state index >= 15 is 0 Å². The summed E-state index contributed by atoms with van der Waals surface area (Å²) < 4.78 is 5.13. The molecule has 3 nitrogen and oxygen atoms in total. The molecule has 0 fully saturated rings. The molecule has 0 spiro atoms. The maximum atomic E-state index is 8.89. The molecule has 72 valence electrons. The lowest BCUT2D eigenvalue weighted by Crippen LogP contribution is -2.05. The molecular formula is C11H12N2O. The van der Waals surface area contributed by atoms with Crippen molar-refractivity contribution >= 4 is 0 Å². The zero-order valence-corrected chi connectivity index (χ0v) is 8.08. The number of hydrogen-bond acceptors (Lipinski definition) is 3. The van der Waals surface area contributed by atoms with E-state index in [1.807, 2.05) is 12.1 Å². The summed E-state index contributed by atoms with van der Waals surface area (Å²) in [5.41, 5.74) is 8.84. The first-order valence-corrected chi connectivity index (χ1v) is 4.62. The van der Waals surface area contributed by atoms with Gasteiger partial charge >= 0.3 is 0 Å². The number of fused-ring (bicyclic) bond motifs is 1. The van der Waals surface area contributed by atoms with Crippen LogP contribution in [-0.4, -0.2) is 7.11 Å². The zero-order valence-electron chi connectivity index (χ0n) is 8.08. The Kier molecular flexibility index (Phi) is 2.14. The number of benzene rings is 1. The average Bonchev–Trinajstić information content (AvgIpc) is 2.58. The molecule has 3 heteroatoms. The summed E-state index contributed by atoms with van der Waals surface area (Å²) in [6.07, 6.45) is 1.93. The standard InChI is InChI=1S/C11H12N2O/c1-14-11-5-9-7(2-3-10(9)13)4-8(11)6-12/h4-5,10H,2-3,13H2,1H3/t10-/m0/s1.